The van der Waals surface area contributed by atoms with Crippen LogP contribution in [0.2, 0.25) is 0 Å². The summed E-state index contributed by atoms with van der Waals surface area (Å²) in [5, 5.41) is 9.13. The highest BCUT2D eigenvalue weighted by Crippen LogP contribution is 2.20. The summed E-state index contributed by atoms with van der Waals surface area (Å²) in [7, 11) is 0. The van der Waals surface area contributed by atoms with E-state index in [1.54, 1.807) is 4.90 Å². The van der Waals surface area contributed by atoms with Crippen molar-refractivity contribution in [2.75, 3.05) is 13.2 Å². The molecule has 1 rings (SSSR count). The van der Waals surface area contributed by atoms with Crippen LogP contribution < -0.4 is 5.73 Å². The van der Waals surface area contributed by atoms with Crippen molar-refractivity contribution >= 4 is 5.91 Å². The molecule has 0 saturated heterocycles. The predicted octanol–water partition coefficient (Wildman–Crippen LogP) is 1.77. The molecule has 0 spiro atoms. The summed E-state index contributed by atoms with van der Waals surface area (Å²) in [6, 6.07) is 9.59. The second kappa shape index (κ2) is 7.41. The molecule has 1 amide bonds. The van der Waals surface area contributed by atoms with Crippen LogP contribution in [-0.4, -0.2) is 35.1 Å². The monoisotopic (exact) mass is 278 g/mol. The third-order valence-corrected chi connectivity index (χ3v) is 3.45. The maximum absolute atomic E-state index is 12.3. The van der Waals surface area contributed by atoms with Gasteiger partial charge in [0.25, 0.3) is 0 Å². The molecule has 1 unspecified atom stereocenters. The molecule has 1 aromatic carbocycles. The van der Waals surface area contributed by atoms with Crippen LogP contribution in [-0.2, 0) is 11.3 Å². The minimum atomic E-state index is -0.188. The molecular weight excluding hydrogens is 252 g/mol. The quantitative estimate of drug-likeness (QED) is 0.833. The number of nitrogens with two attached hydrogens (primary N) is 1. The molecule has 0 heterocycles. The Kier molecular flexibility index (Phi) is 6.17. The largest absolute Gasteiger partial charge is 0.395 e. The summed E-state index contributed by atoms with van der Waals surface area (Å²) in [5.41, 5.74) is 7.02. The minimum absolute atomic E-state index is 0.00896. The number of carbonyl (C=O) groups is 1. The van der Waals surface area contributed by atoms with E-state index in [4.69, 9.17) is 10.8 Å². The average Bonchev–Trinajstić information content (AvgIpc) is 2.38. The van der Waals surface area contributed by atoms with Crippen molar-refractivity contribution < 1.29 is 9.90 Å². The molecule has 1 aromatic rings. The maximum atomic E-state index is 12.3. The molecule has 0 radical (unpaired) electrons. The minimum Gasteiger partial charge on any atom is -0.395 e. The highest BCUT2D eigenvalue weighted by Gasteiger charge is 2.25. The zero-order chi connectivity index (χ0) is 15.2. The molecule has 112 valence electrons. The Morgan fingerprint density at radius 3 is 2.40 bits per heavy atom. The second-order valence-electron chi connectivity index (χ2n) is 6.20. The lowest BCUT2D eigenvalue weighted by atomic mass is 9.85. The molecule has 0 fully saturated rings. The molecule has 1 atom stereocenters. The van der Waals surface area contributed by atoms with E-state index in [1.807, 2.05) is 51.1 Å². The Bertz CT molecular complexity index is 412. The molecule has 4 heteroatoms. The average molecular weight is 278 g/mol. The summed E-state index contributed by atoms with van der Waals surface area (Å²) in [5.74, 6) is -0.00896. The lowest BCUT2D eigenvalue weighted by molar-refractivity contribution is -0.133. The van der Waals surface area contributed by atoms with Crippen LogP contribution in [0.4, 0.5) is 0 Å². The highest BCUT2D eigenvalue weighted by atomic mass is 16.3. The number of aliphatic hydroxyl groups is 1. The van der Waals surface area contributed by atoms with E-state index in [0.717, 1.165) is 5.56 Å². The molecule has 3 N–H and O–H groups in total. The molecule has 0 saturated carbocycles. The van der Waals surface area contributed by atoms with Gasteiger partial charge in [0.2, 0.25) is 5.91 Å². The molecule has 0 aliphatic heterocycles. The maximum Gasteiger partial charge on any atom is 0.224 e. The molecular formula is C16H26N2O2. The van der Waals surface area contributed by atoms with Gasteiger partial charge in [0.15, 0.2) is 0 Å². The van der Waals surface area contributed by atoms with Gasteiger partial charge in [-0.2, -0.15) is 0 Å². The number of benzene rings is 1. The van der Waals surface area contributed by atoms with Crippen LogP contribution >= 0.6 is 0 Å². The Labute approximate surface area is 121 Å². The van der Waals surface area contributed by atoms with Crippen molar-refractivity contribution in [1.82, 2.24) is 4.90 Å². The fourth-order valence-corrected chi connectivity index (χ4v) is 1.84. The van der Waals surface area contributed by atoms with Crippen LogP contribution in [0.25, 0.3) is 0 Å². The van der Waals surface area contributed by atoms with Crippen LogP contribution in [0.5, 0.6) is 0 Å². The first-order valence-corrected chi connectivity index (χ1v) is 7.02. The van der Waals surface area contributed by atoms with Crippen molar-refractivity contribution in [2.24, 2.45) is 11.1 Å². The van der Waals surface area contributed by atoms with Crippen LogP contribution in [0.15, 0.2) is 30.3 Å². The van der Waals surface area contributed by atoms with Crippen LogP contribution in [0.1, 0.15) is 32.8 Å². The van der Waals surface area contributed by atoms with E-state index in [0.29, 0.717) is 19.5 Å². The highest BCUT2D eigenvalue weighted by molar-refractivity contribution is 5.77. The number of hydrogen-bond donors (Lipinski definition) is 2. The Hall–Kier alpha value is -1.39. The van der Waals surface area contributed by atoms with E-state index >= 15 is 0 Å². The molecule has 0 aliphatic rings. The van der Waals surface area contributed by atoms with Crippen molar-refractivity contribution in [2.45, 2.75) is 39.8 Å². The van der Waals surface area contributed by atoms with Gasteiger partial charge in [-0.25, -0.2) is 0 Å². The standard InChI is InChI=1S/C16H26N2O2/c1-16(2,3)14(17)11-15(20)18(9-10-19)12-13-7-5-4-6-8-13/h4-8,14,19H,9-12,17H2,1-3H3. The van der Waals surface area contributed by atoms with Gasteiger partial charge in [0.1, 0.15) is 0 Å². The van der Waals surface area contributed by atoms with Gasteiger partial charge in [-0.05, 0) is 11.0 Å². The number of hydrogen-bond acceptors (Lipinski definition) is 3. The van der Waals surface area contributed by atoms with Gasteiger partial charge in [0, 0.05) is 25.6 Å². The second-order valence-corrected chi connectivity index (χ2v) is 6.20. The fraction of sp³-hybridized carbons (Fsp3) is 0.562. The van der Waals surface area contributed by atoms with Gasteiger partial charge >= 0.3 is 0 Å². The normalized spacial score (nSPS) is 13.1. The number of nitrogens with zero attached hydrogens (tertiary/aromatic N) is 1. The first kappa shape index (κ1) is 16.7. The van der Waals surface area contributed by atoms with Gasteiger partial charge in [0.05, 0.1) is 6.61 Å². The third-order valence-electron chi connectivity index (χ3n) is 3.45. The van der Waals surface area contributed by atoms with E-state index < -0.39 is 0 Å². The third kappa shape index (κ3) is 5.31. The Morgan fingerprint density at radius 1 is 1.30 bits per heavy atom. The smallest absolute Gasteiger partial charge is 0.224 e. The lowest BCUT2D eigenvalue weighted by Gasteiger charge is -2.29. The number of carbonyl (C=O) groups excluding carboxylic acids is 1. The predicted molar refractivity (Wildman–Crippen MR) is 81.0 cm³/mol. The molecule has 4 nitrogen and oxygen atoms in total. The van der Waals surface area contributed by atoms with E-state index in [2.05, 4.69) is 0 Å². The van der Waals surface area contributed by atoms with E-state index in [1.165, 1.54) is 0 Å². The van der Waals surface area contributed by atoms with Crippen molar-refractivity contribution in [1.29, 1.82) is 0 Å². The summed E-state index contributed by atoms with van der Waals surface area (Å²) >= 11 is 0. The van der Waals surface area contributed by atoms with Crippen molar-refractivity contribution in [3.8, 4) is 0 Å². The van der Waals surface area contributed by atoms with E-state index in [-0.39, 0.29) is 24.0 Å². The zero-order valence-electron chi connectivity index (χ0n) is 12.7. The summed E-state index contributed by atoms with van der Waals surface area (Å²) < 4.78 is 0. The molecule has 0 aliphatic carbocycles. The van der Waals surface area contributed by atoms with Gasteiger partial charge < -0.3 is 15.7 Å². The Morgan fingerprint density at radius 2 is 1.90 bits per heavy atom. The van der Waals surface area contributed by atoms with Crippen LogP contribution in [0.3, 0.4) is 0 Å². The summed E-state index contributed by atoms with van der Waals surface area (Å²) in [6.07, 6.45) is 0.302. The van der Waals surface area contributed by atoms with Crippen LogP contribution in [0, 0.1) is 5.41 Å². The van der Waals surface area contributed by atoms with Gasteiger partial charge in [-0.15, -0.1) is 0 Å². The SMILES string of the molecule is CC(C)(C)C(N)CC(=O)N(CCO)Cc1ccccc1. The van der Waals surface area contributed by atoms with Crippen molar-refractivity contribution in [3.63, 3.8) is 0 Å². The first-order valence-electron chi connectivity index (χ1n) is 7.02. The molecule has 0 bridgehead atoms. The fourth-order valence-electron chi connectivity index (χ4n) is 1.84. The summed E-state index contributed by atoms with van der Waals surface area (Å²) in [6.45, 7) is 6.89. The molecule has 20 heavy (non-hydrogen) atoms. The topological polar surface area (TPSA) is 66.6 Å². The number of amides is 1. The zero-order valence-corrected chi connectivity index (χ0v) is 12.7. The van der Waals surface area contributed by atoms with Gasteiger partial charge in [-0.1, -0.05) is 51.1 Å². The Balaban J connectivity index is 2.68. The first-order chi connectivity index (χ1) is 9.34. The summed E-state index contributed by atoms with van der Waals surface area (Å²) in [4.78, 5) is 14.0. The molecule has 0 aromatic heterocycles. The van der Waals surface area contributed by atoms with Gasteiger partial charge in [-0.3, -0.25) is 4.79 Å². The van der Waals surface area contributed by atoms with Crippen molar-refractivity contribution in [3.05, 3.63) is 35.9 Å². The number of rotatable bonds is 6. The number of aliphatic hydroxyl groups excluding tert-OH is 1. The lowest BCUT2D eigenvalue weighted by Crippen LogP contribution is -2.42. The van der Waals surface area contributed by atoms with E-state index in [9.17, 15) is 4.79 Å².